The van der Waals surface area contributed by atoms with Crippen LogP contribution in [0.5, 0.6) is 0 Å². The molecule has 0 saturated heterocycles. The summed E-state index contributed by atoms with van der Waals surface area (Å²) in [5, 5.41) is 9.47. The fourth-order valence-electron chi connectivity index (χ4n) is 2.93. The van der Waals surface area contributed by atoms with Gasteiger partial charge in [-0.3, -0.25) is 4.79 Å². The van der Waals surface area contributed by atoms with Crippen molar-refractivity contribution in [2.75, 3.05) is 0 Å². The van der Waals surface area contributed by atoms with Gasteiger partial charge in [-0.25, -0.2) is 0 Å². The van der Waals surface area contributed by atoms with E-state index in [1.165, 1.54) is 5.56 Å². The number of rotatable bonds is 4. The lowest BCUT2D eigenvalue weighted by atomic mass is 9.80. The predicted molar refractivity (Wildman–Crippen MR) is 72.8 cm³/mol. The molecule has 1 aromatic rings. The van der Waals surface area contributed by atoms with E-state index in [0.29, 0.717) is 12.3 Å². The smallest absolute Gasteiger partial charge is 0.309 e. The average Bonchev–Trinajstić information content (AvgIpc) is 2.79. The molecule has 0 heterocycles. The summed E-state index contributed by atoms with van der Waals surface area (Å²) in [6.45, 7) is 4.34. The zero-order chi connectivity index (χ0) is 13.2. The summed E-state index contributed by atoms with van der Waals surface area (Å²) in [4.78, 5) is 11.5. The van der Waals surface area contributed by atoms with E-state index in [2.05, 4.69) is 38.1 Å². The van der Waals surface area contributed by atoms with Crippen LogP contribution in [-0.4, -0.2) is 11.1 Å². The van der Waals surface area contributed by atoms with Crippen molar-refractivity contribution in [2.45, 2.75) is 51.9 Å². The largest absolute Gasteiger partial charge is 0.481 e. The van der Waals surface area contributed by atoms with Crippen molar-refractivity contribution in [1.82, 2.24) is 0 Å². The Bertz CT molecular complexity index is 411. The molecule has 0 radical (unpaired) electrons. The zero-order valence-electron chi connectivity index (χ0n) is 11.3. The maximum absolute atomic E-state index is 11.5. The zero-order valence-corrected chi connectivity index (χ0v) is 11.3. The van der Waals surface area contributed by atoms with Crippen LogP contribution in [0, 0.1) is 5.41 Å². The fraction of sp³-hybridized carbons (Fsp3) is 0.562. The number of aliphatic carboxylic acids is 1. The molecule has 0 unspecified atom stereocenters. The molecule has 1 saturated carbocycles. The number of carboxylic acid groups (broad SMARTS) is 1. The first-order chi connectivity index (χ1) is 8.53. The molecule has 0 amide bonds. The first kappa shape index (κ1) is 13.1. The molecule has 1 fully saturated rings. The Morgan fingerprint density at radius 2 is 1.78 bits per heavy atom. The van der Waals surface area contributed by atoms with Gasteiger partial charge in [0.05, 0.1) is 5.41 Å². The quantitative estimate of drug-likeness (QED) is 0.872. The predicted octanol–water partition coefficient (Wildman–Crippen LogP) is 4.00. The first-order valence-electron chi connectivity index (χ1n) is 6.86. The standard InChI is InChI=1S/C16H22O2/c1-12(2)14-7-5-13(6-8-14)11-16(15(17)18)9-3-4-10-16/h5-8,12H,3-4,9-11H2,1-2H3,(H,17,18). The molecular weight excluding hydrogens is 224 g/mol. The maximum atomic E-state index is 11.5. The van der Waals surface area contributed by atoms with Crippen LogP contribution in [0.25, 0.3) is 0 Å². The van der Waals surface area contributed by atoms with Crippen LogP contribution in [0.3, 0.4) is 0 Å². The molecule has 0 aliphatic heterocycles. The van der Waals surface area contributed by atoms with Crippen LogP contribution >= 0.6 is 0 Å². The second-order valence-electron chi connectivity index (χ2n) is 5.87. The summed E-state index contributed by atoms with van der Waals surface area (Å²) < 4.78 is 0. The van der Waals surface area contributed by atoms with Crippen LogP contribution in [-0.2, 0) is 11.2 Å². The maximum Gasteiger partial charge on any atom is 0.309 e. The number of carbonyl (C=O) groups is 1. The lowest BCUT2D eigenvalue weighted by Crippen LogP contribution is -2.30. The molecule has 0 atom stereocenters. The van der Waals surface area contributed by atoms with Gasteiger partial charge < -0.3 is 5.11 Å². The molecular formula is C16H22O2. The third-order valence-corrected chi connectivity index (χ3v) is 4.20. The van der Waals surface area contributed by atoms with E-state index in [9.17, 15) is 9.90 Å². The minimum atomic E-state index is -0.618. The molecule has 1 aromatic carbocycles. The van der Waals surface area contributed by atoms with Gasteiger partial charge in [0.15, 0.2) is 0 Å². The molecule has 2 heteroatoms. The normalized spacial score (nSPS) is 18.2. The van der Waals surface area contributed by atoms with Gasteiger partial charge in [-0.2, -0.15) is 0 Å². The molecule has 1 aliphatic rings. The highest BCUT2D eigenvalue weighted by Crippen LogP contribution is 2.41. The second kappa shape index (κ2) is 5.13. The number of hydrogen-bond donors (Lipinski definition) is 1. The molecule has 0 spiro atoms. The van der Waals surface area contributed by atoms with Crippen LogP contribution in [0.15, 0.2) is 24.3 Å². The third-order valence-electron chi connectivity index (χ3n) is 4.20. The summed E-state index contributed by atoms with van der Waals surface area (Å²) >= 11 is 0. The van der Waals surface area contributed by atoms with Gasteiger partial charge in [-0.1, -0.05) is 51.0 Å². The number of hydrogen-bond acceptors (Lipinski definition) is 1. The number of carboxylic acids is 1. The van der Waals surface area contributed by atoms with Crippen LogP contribution in [0.1, 0.15) is 56.6 Å². The van der Waals surface area contributed by atoms with Crippen molar-refractivity contribution < 1.29 is 9.90 Å². The Kier molecular flexibility index (Phi) is 3.74. The van der Waals surface area contributed by atoms with Gasteiger partial charge in [-0.05, 0) is 36.3 Å². The summed E-state index contributed by atoms with van der Waals surface area (Å²) in [5.74, 6) is -0.0908. The monoisotopic (exact) mass is 246 g/mol. The molecule has 2 nitrogen and oxygen atoms in total. The highest BCUT2D eigenvalue weighted by molar-refractivity contribution is 5.75. The van der Waals surface area contributed by atoms with Crippen molar-refractivity contribution in [1.29, 1.82) is 0 Å². The van der Waals surface area contributed by atoms with E-state index in [-0.39, 0.29) is 0 Å². The summed E-state index contributed by atoms with van der Waals surface area (Å²) in [6, 6.07) is 8.45. The highest BCUT2D eigenvalue weighted by Gasteiger charge is 2.41. The van der Waals surface area contributed by atoms with Gasteiger partial charge >= 0.3 is 5.97 Å². The van der Waals surface area contributed by atoms with Crippen molar-refractivity contribution in [3.8, 4) is 0 Å². The van der Waals surface area contributed by atoms with Crippen LogP contribution in [0.4, 0.5) is 0 Å². The SMILES string of the molecule is CC(C)c1ccc(CC2(C(=O)O)CCCC2)cc1. The van der Waals surface area contributed by atoms with Crippen LogP contribution < -0.4 is 0 Å². The van der Waals surface area contributed by atoms with Crippen LogP contribution in [0.2, 0.25) is 0 Å². The molecule has 0 aromatic heterocycles. The molecule has 18 heavy (non-hydrogen) atoms. The molecule has 2 rings (SSSR count). The van der Waals surface area contributed by atoms with E-state index in [1.54, 1.807) is 0 Å². The van der Waals surface area contributed by atoms with E-state index in [1.807, 2.05) is 0 Å². The molecule has 1 N–H and O–H groups in total. The van der Waals surface area contributed by atoms with Gasteiger partial charge in [-0.15, -0.1) is 0 Å². The van der Waals surface area contributed by atoms with Crippen molar-refractivity contribution in [2.24, 2.45) is 5.41 Å². The third kappa shape index (κ3) is 2.58. The minimum absolute atomic E-state index is 0.501. The van der Waals surface area contributed by atoms with E-state index < -0.39 is 11.4 Å². The Labute approximate surface area is 109 Å². The Balaban J connectivity index is 2.15. The Morgan fingerprint density at radius 1 is 1.22 bits per heavy atom. The number of benzene rings is 1. The topological polar surface area (TPSA) is 37.3 Å². The van der Waals surface area contributed by atoms with E-state index in [0.717, 1.165) is 31.2 Å². The van der Waals surface area contributed by atoms with E-state index in [4.69, 9.17) is 0 Å². The summed E-state index contributed by atoms with van der Waals surface area (Å²) in [7, 11) is 0. The summed E-state index contributed by atoms with van der Waals surface area (Å²) in [6.07, 6.45) is 4.44. The molecule has 0 bridgehead atoms. The Hall–Kier alpha value is -1.31. The van der Waals surface area contributed by atoms with Gasteiger partial charge in [0.25, 0.3) is 0 Å². The van der Waals surface area contributed by atoms with Crippen molar-refractivity contribution in [3.63, 3.8) is 0 Å². The van der Waals surface area contributed by atoms with Gasteiger partial charge in [0.2, 0.25) is 0 Å². The van der Waals surface area contributed by atoms with Gasteiger partial charge in [0.1, 0.15) is 0 Å². The lowest BCUT2D eigenvalue weighted by molar-refractivity contribution is -0.148. The fourth-order valence-corrected chi connectivity index (χ4v) is 2.93. The van der Waals surface area contributed by atoms with Crippen molar-refractivity contribution in [3.05, 3.63) is 35.4 Å². The molecule has 1 aliphatic carbocycles. The highest BCUT2D eigenvalue weighted by atomic mass is 16.4. The van der Waals surface area contributed by atoms with Crippen molar-refractivity contribution >= 4 is 5.97 Å². The second-order valence-corrected chi connectivity index (χ2v) is 5.87. The lowest BCUT2D eigenvalue weighted by Gasteiger charge is -2.23. The van der Waals surface area contributed by atoms with E-state index >= 15 is 0 Å². The first-order valence-corrected chi connectivity index (χ1v) is 6.86. The minimum Gasteiger partial charge on any atom is -0.481 e. The summed E-state index contributed by atoms with van der Waals surface area (Å²) in [5.41, 5.74) is 1.97. The van der Waals surface area contributed by atoms with Gasteiger partial charge in [0, 0.05) is 0 Å². The Morgan fingerprint density at radius 3 is 2.22 bits per heavy atom. The molecule has 98 valence electrons. The average molecular weight is 246 g/mol.